The van der Waals surface area contributed by atoms with E-state index in [1.807, 2.05) is 11.4 Å². The van der Waals surface area contributed by atoms with Crippen molar-refractivity contribution in [3.8, 4) is 0 Å². The van der Waals surface area contributed by atoms with Crippen molar-refractivity contribution in [3.05, 3.63) is 24.6 Å². The fourth-order valence-electron chi connectivity index (χ4n) is 0.998. The molecule has 12 heavy (non-hydrogen) atoms. The van der Waals surface area contributed by atoms with Crippen molar-refractivity contribution in [2.75, 3.05) is 6.61 Å². The van der Waals surface area contributed by atoms with Crippen molar-refractivity contribution in [1.29, 1.82) is 0 Å². The molecule has 0 aromatic rings. The van der Waals surface area contributed by atoms with Gasteiger partial charge in [0.1, 0.15) is 0 Å². The molecule has 0 atom stereocenters. The monoisotopic (exact) mass is 184 g/mol. The Bertz CT molecular complexity index is 135. The molecular weight excluding hydrogens is 164 g/mol. The van der Waals surface area contributed by atoms with Crippen LogP contribution in [0.25, 0.3) is 0 Å². The van der Waals surface area contributed by atoms with Crippen LogP contribution in [-0.2, 0) is 4.43 Å². The predicted molar refractivity (Wildman–Crippen MR) is 57.5 cm³/mol. The van der Waals surface area contributed by atoms with Crippen LogP contribution in [0, 0.1) is 0 Å². The molecule has 0 aromatic carbocycles. The van der Waals surface area contributed by atoms with E-state index in [2.05, 4.69) is 27.0 Å². The summed E-state index contributed by atoms with van der Waals surface area (Å²) >= 11 is 0. The number of unbranched alkanes of at least 4 members (excludes halogenated alkanes) is 1. The molecule has 0 aliphatic heterocycles. The average molecular weight is 184 g/mol. The summed E-state index contributed by atoms with van der Waals surface area (Å²) in [6.07, 6.45) is 2.32. The fraction of sp³-hybridized carbons (Fsp3) is 0.600. The minimum atomic E-state index is -1.73. The van der Waals surface area contributed by atoms with Crippen LogP contribution >= 0.6 is 0 Å². The van der Waals surface area contributed by atoms with Gasteiger partial charge in [-0.15, -0.1) is 13.2 Å². The zero-order valence-corrected chi connectivity index (χ0v) is 9.31. The van der Waals surface area contributed by atoms with Crippen LogP contribution < -0.4 is 0 Å². The van der Waals surface area contributed by atoms with Crippen molar-refractivity contribution in [2.24, 2.45) is 0 Å². The van der Waals surface area contributed by atoms with E-state index in [9.17, 15) is 0 Å². The molecule has 0 aromatic heterocycles. The lowest BCUT2D eigenvalue weighted by Gasteiger charge is -2.22. The second-order valence-corrected chi connectivity index (χ2v) is 6.64. The Morgan fingerprint density at radius 2 is 1.83 bits per heavy atom. The Balaban J connectivity index is 3.93. The molecule has 70 valence electrons. The van der Waals surface area contributed by atoms with Crippen molar-refractivity contribution in [3.63, 3.8) is 0 Å². The second kappa shape index (κ2) is 6.20. The highest BCUT2D eigenvalue weighted by atomic mass is 28.4. The molecular formula is C10H20OSi. The molecule has 0 bridgehead atoms. The van der Waals surface area contributed by atoms with E-state index in [0.29, 0.717) is 0 Å². The highest BCUT2D eigenvalue weighted by Gasteiger charge is 2.24. The van der Waals surface area contributed by atoms with Crippen LogP contribution in [-0.4, -0.2) is 14.9 Å². The third-order valence-electron chi connectivity index (χ3n) is 2.11. The van der Waals surface area contributed by atoms with Gasteiger partial charge in [0, 0.05) is 6.61 Å². The normalized spacial score (nSPS) is 11.2. The molecule has 0 fully saturated rings. The highest BCUT2D eigenvalue weighted by Crippen LogP contribution is 2.14. The first-order valence-corrected chi connectivity index (χ1v) is 6.92. The Morgan fingerprint density at radius 3 is 2.17 bits per heavy atom. The van der Waals surface area contributed by atoms with Gasteiger partial charge in [-0.1, -0.05) is 31.7 Å². The van der Waals surface area contributed by atoms with E-state index in [4.69, 9.17) is 4.43 Å². The Labute approximate surface area is 77.3 Å². The average Bonchev–Trinajstić information content (AvgIpc) is 2.14. The van der Waals surface area contributed by atoms with Crippen LogP contribution in [0.4, 0.5) is 0 Å². The summed E-state index contributed by atoms with van der Waals surface area (Å²) in [5, 5.41) is 0. The van der Waals surface area contributed by atoms with Gasteiger partial charge < -0.3 is 4.43 Å². The lowest BCUT2D eigenvalue weighted by atomic mass is 10.4. The summed E-state index contributed by atoms with van der Waals surface area (Å²) in [5.74, 6) is 0. The molecule has 0 spiro atoms. The van der Waals surface area contributed by atoms with E-state index in [0.717, 1.165) is 19.1 Å². The van der Waals surface area contributed by atoms with Gasteiger partial charge >= 0.3 is 0 Å². The van der Waals surface area contributed by atoms with E-state index >= 15 is 0 Å². The van der Waals surface area contributed by atoms with Crippen LogP contribution in [0.3, 0.4) is 0 Å². The van der Waals surface area contributed by atoms with Gasteiger partial charge in [0.05, 0.1) is 0 Å². The Hall–Kier alpha value is -0.343. The van der Waals surface area contributed by atoms with Crippen LogP contribution in [0.1, 0.15) is 26.7 Å². The Kier molecular flexibility index (Phi) is 6.03. The van der Waals surface area contributed by atoms with Crippen molar-refractivity contribution >= 4 is 8.32 Å². The molecule has 1 nitrogen and oxygen atoms in total. The number of hydrogen-bond acceptors (Lipinski definition) is 1. The Morgan fingerprint density at radius 1 is 1.25 bits per heavy atom. The van der Waals surface area contributed by atoms with Gasteiger partial charge in [-0.25, -0.2) is 0 Å². The molecule has 0 rings (SSSR count). The maximum Gasteiger partial charge on any atom is 0.240 e. The molecule has 0 unspecified atom stereocenters. The third kappa shape index (κ3) is 3.37. The summed E-state index contributed by atoms with van der Waals surface area (Å²) in [5.41, 5.74) is 3.94. The molecule has 0 aliphatic carbocycles. The molecule has 0 aliphatic rings. The predicted octanol–water partition coefficient (Wildman–Crippen LogP) is 3.22. The van der Waals surface area contributed by atoms with Gasteiger partial charge in [0.25, 0.3) is 0 Å². The SMILES string of the molecule is C=C[Si](C=C)(CC)OCCCC. The number of hydrogen-bond donors (Lipinski definition) is 0. The summed E-state index contributed by atoms with van der Waals surface area (Å²) in [7, 11) is -1.73. The largest absolute Gasteiger partial charge is 0.409 e. The molecule has 0 radical (unpaired) electrons. The van der Waals surface area contributed by atoms with E-state index in [-0.39, 0.29) is 0 Å². The summed E-state index contributed by atoms with van der Waals surface area (Å²) in [6.45, 7) is 12.8. The zero-order chi connectivity index (χ0) is 9.45. The van der Waals surface area contributed by atoms with Crippen molar-refractivity contribution in [1.82, 2.24) is 0 Å². The van der Waals surface area contributed by atoms with E-state index < -0.39 is 8.32 Å². The zero-order valence-electron chi connectivity index (χ0n) is 8.31. The summed E-state index contributed by atoms with van der Waals surface area (Å²) in [4.78, 5) is 0. The quantitative estimate of drug-likeness (QED) is 0.436. The molecule has 0 saturated carbocycles. The van der Waals surface area contributed by atoms with Crippen molar-refractivity contribution in [2.45, 2.75) is 32.7 Å². The fourth-order valence-corrected chi connectivity index (χ4v) is 2.71. The second-order valence-electron chi connectivity index (χ2n) is 2.92. The lowest BCUT2D eigenvalue weighted by Crippen LogP contribution is -2.33. The van der Waals surface area contributed by atoms with Crippen LogP contribution in [0.15, 0.2) is 24.6 Å². The van der Waals surface area contributed by atoms with Gasteiger partial charge in [-0.3, -0.25) is 0 Å². The topological polar surface area (TPSA) is 9.23 Å². The third-order valence-corrected chi connectivity index (χ3v) is 5.34. The standard InChI is InChI=1S/C10H20OSi/c1-5-9-10-11-12(6-2,7-3)8-4/h6-7H,2-3,5,8-10H2,1,4H3. The van der Waals surface area contributed by atoms with E-state index in [1.54, 1.807) is 0 Å². The maximum atomic E-state index is 5.82. The first-order chi connectivity index (χ1) is 5.74. The van der Waals surface area contributed by atoms with Gasteiger partial charge in [-0.05, 0) is 12.5 Å². The van der Waals surface area contributed by atoms with Gasteiger partial charge in [0.2, 0.25) is 8.32 Å². The minimum Gasteiger partial charge on any atom is -0.409 e. The first-order valence-electron chi connectivity index (χ1n) is 4.65. The van der Waals surface area contributed by atoms with Crippen LogP contribution in [0.2, 0.25) is 6.04 Å². The lowest BCUT2D eigenvalue weighted by molar-refractivity contribution is 0.306. The minimum absolute atomic E-state index is 0.856. The van der Waals surface area contributed by atoms with Gasteiger partial charge in [0.15, 0.2) is 0 Å². The first kappa shape index (κ1) is 11.7. The van der Waals surface area contributed by atoms with Gasteiger partial charge in [-0.2, -0.15) is 0 Å². The highest BCUT2D eigenvalue weighted by molar-refractivity contribution is 6.83. The maximum absolute atomic E-state index is 5.82. The van der Waals surface area contributed by atoms with Crippen LogP contribution in [0.5, 0.6) is 0 Å². The molecule has 0 saturated heterocycles. The molecule has 0 amide bonds. The molecule has 0 N–H and O–H groups in total. The summed E-state index contributed by atoms with van der Waals surface area (Å²) in [6, 6.07) is 1.05. The number of rotatable bonds is 7. The summed E-state index contributed by atoms with van der Waals surface area (Å²) < 4.78 is 5.82. The van der Waals surface area contributed by atoms with Crippen molar-refractivity contribution < 1.29 is 4.43 Å². The molecule has 0 heterocycles. The smallest absolute Gasteiger partial charge is 0.240 e. The molecule has 2 heteroatoms. The van der Waals surface area contributed by atoms with E-state index in [1.165, 1.54) is 6.42 Å².